The molecule has 0 bridgehead atoms. The molecular formula is C14H25NO. The van der Waals surface area contributed by atoms with E-state index >= 15 is 0 Å². The second-order valence-corrected chi connectivity index (χ2v) is 5.52. The third-order valence-electron chi connectivity index (χ3n) is 3.73. The van der Waals surface area contributed by atoms with Gasteiger partial charge in [-0.05, 0) is 36.7 Å². The lowest BCUT2D eigenvalue weighted by Crippen LogP contribution is -2.51. The van der Waals surface area contributed by atoms with Crippen LogP contribution in [-0.2, 0) is 4.79 Å². The molecule has 0 radical (unpaired) electrons. The molecule has 1 fully saturated rings. The minimum atomic E-state index is 0.101. The Balaban J connectivity index is 2.90. The van der Waals surface area contributed by atoms with E-state index in [0.717, 1.165) is 13.0 Å². The zero-order valence-electron chi connectivity index (χ0n) is 11.1. The average Bonchev–Trinajstić information content (AvgIpc) is 2.26. The molecule has 0 aromatic carbocycles. The minimum Gasteiger partial charge on any atom is -0.336 e. The first kappa shape index (κ1) is 13.3. The van der Waals surface area contributed by atoms with E-state index in [9.17, 15) is 4.79 Å². The Morgan fingerprint density at radius 3 is 2.38 bits per heavy atom. The summed E-state index contributed by atoms with van der Waals surface area (Å²) in [6, 6.07) is 0.388. The highest BCUT2D eigenvalue weighted by molar-refractivity contribution is 5.87. The third-order valence-corrected chi connectivity index (χ3v) is 3.73. The average molecular weight is 223 g/mol. The second kappa shape index (κ2) is 5.51. The molecule has 0 aliphatic carbocycles. The van der Waals surface area contributed by atoms with E-state index < -0.39 is 0 Å². The molecule has 1 rings (SSSR count). The predicted molar refractivity (Wildman–Crippen MR) is 68.1 cm³/mol. The van der Waals surface area contributed by atoms with Crippen LogP contribution in [0.15, 0.2) is 12.7 Å². The fraction of sp³-hybridized carbons (Fsp3) is 0.786. The Labute approximate surface area is 99.7 Å². The zero-order valence-corrected chi connectivity index (χ0v) is 11.1. The Bertz CT molecular complexity index is 257. The normalized spacial score (nSPS) is 26.2. The number of carbonyl (C=O) groups excluding carboxylic acids is 1. The lowest BCUT2D eigenvalue weighted by atomic mass is 9.76. The van der Waals surface area contributed by atoms with Crippen molar-refractivity contribution in [3.05, 3.63) is 12.7 Å². The molecule has 0 saturated carbocycles. The molecule has 0 aromatic heterocycles. The summed E-state index contributed by atoms with van der Waals surface area (Å²) in [5, 5.41) is 0. The molecule has 92 valence electrons. The van der Waals surface area contributed by atoms with E-state index in [1.807, 2.05) is 4.90 Å². The molecule has 0 N–H and O–H groups in total. The summed E-state index contributed by atoms with van der Waals surface area (Å²) in [5.41, 5.74) is 0. The highest BCUT2D eigenvalue weighted by atomic mass is 16.2. The van der Waals surface area contributed by atoms with Crippen LogP contribution in [0.25, 0.3) is 0 Å². The molecule has 2 atom stereocenters. The number of hydrogen-bond acceptors (Lipinski definition) is 1. The molecule has 16 heavy (non-hydrogen) atoms. The van der Waals surface area contributed by atoms with Crippen molar-refractivity contribution in [1.82, 2.24) is 4.90 Å². The highest BCUT2D eigenvalue weighted by Gasteiger charge is 2.36. The van der Waals surface area contributed by atoms with Crippen molar-refractivity contribution in [3.63, 3.8) is 0 Å². The van der Waals surface area contributed by atoms with Crippen molar-refractivity contribution in [1.29, 1.82) is 0 Å². The van der Waals surface area contributed by atoms with Crippen LogP contribution in [0, 0.1) is 17.8 Å². The van der Waals surface area contributed by atoms with Crippen molar-refractivity contribution in [2.75, 3.05) is 6.54 Å². The number of nitrogens with zero attached hydrogens (tertiary/aromatic N) is 1. The molecule has 2 nitrogen and oxygen atoms in total. The Hall–Kier alpha value is -0.790. The Morgan fingerprint density at radius 2 is 1.94 bits per heavy atom. The van der Waals surface area contributed by atoms with E-state index in [0.29, 0.717) is 23.8 Å². The predicted octanol–water partition coefficient (Wildman–Crippen LogP) is 3.09. The lowest BCUT2D eigenvalue weighted by molar-refractivity contribution is -0.133. The van der Waals surface area contributed by atoms with Crippen LogP contribution in [0.1, 0.15) is 40.5 Å². The number of piperidine rings is 1. The maximum absolute atomic E-state index is 11.9. The molecule has 1 aliphatic rings. The Morgan fingerprint density at radius 1 is 1.31 bits per heavy atom. The van der Waals surface area contributed by atoms with E-state index in [1.54, 1.807) is 0 Å². The van der Waals surface area contributed by atoms with Gasteiger partial charge in [-0.25, -0.2) is 0 Å². The smallest absolute Gasteiger partial charge is 0.246 e. The number of carbonyl (C=O) groups is 1. The molecule has 1 amide bonds. The largest absolute Gasteiger partial charge is 0.336 e. The second-order valence-electron chi connectivity index (χ2n) is 5.52. The van der Waals surface area contributed by atoms with Crippen LogP contribution >= 0.6 is 0 Å². The summed E-state index contributed by atoms with van der Waals surface area (Å²) < 4.78 is 0. The highest BCUT2D eigenvalue weighted by Crippen LogP contribution is 2.33. The molecular weight excluding hydrogens is 198 g/mol. The molecule has 1 aliphatic heterocycles. The van der Waals surface area contributed by atoms with Crippen molar-refractivity contribution < 1.29 is 4.79 Å². The molecule has 1 saturated heterocycles. The van der Waals surface area contributed by atoms with Crippen LogP contribution in [0.2, 0.25) is 0 Å². The van der Waals surface area contributed by atoms with E-state index in [2.05, 4.69) is 34.3 Å². The van der Waals surface area contributed by atoms with Crippen LogP contribution in [0.5, 0.6) is 0 Å². The maximum atomic E-state index is 11.9. The van der Waals surface area contributed by atoms with Crippen molar-refractivity contribution in [3.8, 4) is 0 Å². The van der Waals surface area contributed by atoms with Crippen molar-refractivity contribution >= 4 is 5.91 Å². The van der Waals surface area contributed by atoms with Gasteiger partial charge in [-0.1, -0.05) is 34.3 Å². The standard InChI is InChI=1S/C14H25NO/c1-6-13(16)15-9-7-8-12(10(2)3)14(15)11(4)5/h6,10-12,14H,1,7-9H2,2-5H3. The van der Waals surface area contributed by atoms with Crippen molar-refractivity contribution in [2.45, 2.75) is 46.6 Å². The quantitative estimate of drug-likeness (QED) is 0.673. The summed E-state index contributed by atoms with van der Waals surface area (Å²) in [7, 11) is 0. The van der Waals surface area contributed by atoms with Crippen LogP contribution in [0.3, 0.4) is 0 Å². The first-order valence-corrected chi connectivity index (χ1v) is 6.42. The van der Waals surface area contributed by atoms with E-state index in [1.165, 1.54) is 12.5 Å². The first-order valence-electron chi connectivity index (χ1n) is 6.42. The summed E-state index contributed by atoms with van der Waals surface area (Å²) in [6.07, 6.45) is 3.84. The number of hydrogen-bond donors (Lipinski definition) is 0. The SMILES string of the molecule is C=CC(=O)N1CCCC(C(C)C)C1C(C)C. The lowest BCUT2D eigenvalue weighted by Gasteiger charge is -2.45. The van der Waals surface area contributed by atoms with Crippen LogP contribution in [-0.4, -0.2) is 23.4 Å². The fourth-order valence-corrected chi connectivity index (χ4v) is 3.00. The van der Waals surface area contributed by atoms with Crippen LogP contribution in [0.4, 0.5) is 0 Å². The van der Waals surface area contributed by atoms with Gasteiger partial charge >= 0.3 is 0 Å². The fourth-order valence-electron chi connectivity index (χ4n) is 3.00. The zero-order chi connectivity index (χ0) is 12.3. The molecule has 1 heterocycles. The van der Waals surface area contributed by atoms with Gasteiger partial charge in [0.15, 0.2) is 0 Å². The van der Waals surface area contributed by atoms with Gasteiger partial charge in [0.25, 0.3) is 0 Å². The van der Waals surface area contributed by atoms with Crippen molar-refractivity contribution in [2.24, 2.45) is 17.8 Å². The van der Waals surface area contributed by atoms with Crippen LogP contribution < -0.4 is 0 Å². The molecule has 2 unspecified atom stereocenters. The van der Waals surface area contributed by atoms with Gasteiger partial charge in [-0.2, -0.15) is 0 Å². The van der Waals surface area contributed by atoms with Gasteiger partial charge in [0.2, 0.25) is 5.91 Å². The Kier molecular flexibility index (Phi) is 4.57. The third kappa shape index (κ3) is 2.66. The summed E-state index contributed by atoms with van der Waals surface area (Å²) >= 11 is 0. The van der Waals surface area contributed by atoms with Gasteiger partial charge in [0, 0.05) is 12.6 Å². The van der Waals surface area contributed by atoms with Gasteiger partial charge in [0.1, 0.15) is 0 Å². The summed E-state index contributed by atoms with van der Waals surface area (Å²) in [6.45, 7) is 13.5. The molecule has 2 heteroatoms. The monoisotopic (exact) mass is 223 g/mol. The summed E-state index contributed by atoms with van der Waals surface area (Å²) in [5.74, 6) is 1.91. The first-order chi connectivity index (χ1) is 7.49. The van der Waals surface area contributed by atoms with Gasteiger partial charge in [-0.3, -0.25) is 4.79 Å². The number of amides is 1. The maximum Gasteiger partial charge on any atom is 0.246 e. The minimum absolute atomic E-state index is 0.101. The summed E-state index contributed by atoms with van der Waals surface area (Å²) in [4.78, 5) is 13.9. The molecule has 0 aromatic rings. The van der Waals surface area contributed by atoms with Gasteiger partial charge < -0.3 is 4.90 Å². The van der Waals surface area contributed by atoms with E-state index in [-0.39, 0.29) is 5.91 Å². The van der Waals surface area contributed by atoms with Gasteiger partial charge in [-0.15, -0.1) is 0 Å². The van der Waals surface area contributed by atoms with Gasteiger partial charge in [0.05, 0.1) is 0 Å². The number of rotatable bonds is 3. The topological polar surface area (TPSA) is 20.3 Å². The van der Waals surface area contributed by atoms with E-state index in [4.69, 9.17) is 0 Å². The number of likely N-dealkylation sites (tertiary alicyclic amines) is 1. The molecule has 0 spiro atoms.